The van der Waals surface area contributed by atoms with Gasteiger partial charge in [-0.2, -0.15) is 5.26 Å². The Morgan fingerprint density at radius 2 is 1.81 bits per heavy atom. The second-order valence-corrected chi connectivity index (χ2v) is 5.85. The lowest BCUT2D eigenvalue weighted by Crippen LogP contribution is -2.31. The number of carbonyl (C=O) groups is 1. The molecule has 0 aliphatic heterocycles. The van der Waals surface area contributed by atoms with Gasteiger partial charge in [0.25, 0.3) is 5.91 Å². The van der Waals surface area contributed by atoms with Crippen LogP contribution in [0.15, 0.2) is 60.7 Å². The summed E-state index contributed by atoms with van der Waals surface area (Å²) in [7, 11) is 0. The molecular formula is C21H19N5O. The molecule has 1 amide bonds. The van der Waals surface area contributed by atoms with Gasteiger partial charge in [0.1, 0.15) is 23.4 Å². The molecule has 6 heteroatoms. The zero-order chi connectivity index (χ0) is 19.2. The van der Waals surface area contributed by atoms with Crippen molar-refractivity contribution in [2.75, 3.05) is 16.8 Å². The van der Waals surface area contributed by atoms with Crippen LogP contribution in [0.3, 0.4) is 0 Å². The maximum atomic E-state index is 13.0. The van der Waals surface area contributed by atoms with Gasteiger partial charge in [-0.05, 0) is 38.1 Å². The number of nitrogens with one attached hydrogen (secondary N) is 1. The van der Waals surface area contributed by atoms with Crippen molar-refractivity contribution in [3.63, 3.8) is 0 Å². The first-order valence-electron chi connectivity index (χ1n) is 8.61. The van der Waals surface area contributed by atoms with Crippen LogP contribution in [0.5, 0.6) is 0 Å². The molecule has 0 fully saturated rings. The lowest BCUT2D eigenvalue weighted by atomic mass is 10.2. The molecule has 27 heavy (non-hydrogen) atoms. The van der Waals surface area contributed by atoms with E-state index in [1.54, 1.807) is 36.1 Å². The fourth-order valence-corrected chi connectivity index (χ4v) is 2.76. The number of hydrogen-bond donors (Lipinski definition) is 1. The van der Waals surface area contributed by atoms with E-state index in [9.17, 15) is 10.1 Å². The average molecular weight is 357 g/mol. The number of para-hydroxylation sites is 2. The quantitative estimate of drug-likeness (QED) is 0.744. The molecule has 0 aliphatic carbocycles. The van der Waals surface area contributed by atoms with Crippen molar-refractivity contribution in [1.82, 2.24) is 9.97 Å². The Kier molecular flexibility index (Phi) is 5.43. The monoisotopic (exact) mass is 357 g/mol. The zero-order valence-electron chi connectivity index (χ0n) is 15.2. The Balaban J connectivity index is 1.93. The molecule has 134 valence electrons. The van der Waals surface area contributed by atoms with Crippen LogP contribution in [0.4, 0.5) is 17.2 Å². The van der Waals surface area contributed by atoms with Crippen molar-refractivity contribution >= 4 is 23.1 Å². The first-order valence-corrected chi connectivity index (χ1v) is 8.61. The van der Waals surface area contributed by atoms with Crippen LogP contribution in [0.2, 0.25) is 0 Å². The summed E-state index contributed by atoms with van der Waals surface area (Å²) in [5, 5.41) is 12.4. The maximum Gasteiger partial charge on any atom is 0.277 e. The van der Waals surface area contributed by atoms with Crippen molar-refractivity contribution in [2.45, 2.75) is 13.8 Å². The minimum atomic E-state index is -0.203. The minimum absolute atomic E-state index is 0.203. The molecule has 0 aliphatic rings. The van der Waals surface area contributed by atoms with Gasteiger partial charge in [0, 0.05) is 18.3 Å². The molecule has 1 heterocycles. The van der Waals surface area contributed by atoms with E-state index < -0.39 is 0 Å². The van der Waals surface area contributed by atoms with E-state index in [2.05, 4.69) is 21.4 Å². The van der Waals surface area contributed by atoms with Gasteiger partial charge in [0.2, 0.25) is 0 Å². The number of hydrogen-bond acceptors (Lipinski definition) is 5. The molecule has 0 saturated heterocycles. The molecule has 1 N–H and O–H groups in total. The van der Waals surface area contributed by atoms with Crippen molar-refractivity contribution in [3.05, 3.63) is 77.7 Å². The average Bonchev–Trinajstić information content (AvgIpc) is 2.69. The van der Waals surface area contributed by atoms with Crippen molar-refractivity contribution in [3.8, 4) is 6.07 Å². The van der Waals surface area contributed by atoms with E-state index >= 15 is 0 Å². The summed E-state index contributed by atoms with van der Waals surface area (Å²) >= 11 is 0. The van der Waals surface area contributed by atoms with Crippen LogP contribution in [-0.2, 0) is 0 Å². The van der Waals surface area contributed by atoms with Crippen LogP contribution in [0, 0.1) is 18.3 Å². The predicted octanol–water partition coefficient (Wildman–Crippen LogP) is 4.07. The van der Waals surface area contributed by atoms with Crippen LogP contribution in [0.1, 0.15) is 28.8 Å². The van der Waals surface area contributed by atoms with Crippen LogP contribution in [0.25, 0.3) is 0 Å². The topological polar surface area (TPSA) is 81.9 Å². The van der Waals surface area contributed by atoms with Crippen molar-refractivity contribution in [2.24, 2.45) is 0 Å². The van der Waals surface area contributed by atoms with Gasteiger partial charge < -0.3 is 10.2 Å². The third-order valence-electron chi connectivity index (χ3n) is 4.00. The number of benzene rings is 2. The standard InChI is InChI=1S/C21H19N5O/c1-3-26(17-10-5-4-6-11-17)21(27)19-13-20(24-15(2)23-19)25-18-12-8-7-9-16(18)14-22/h4-13H,3H2,1-2H3,(H,23,24,25). The first kappa shape index (κ1) is 18.1. The molecule has 0 bridgehead atoms. The summed E-state index contributed by atoms with van der Waals surface area (Å²) in [5.74, 6) is 0.741. The highest BCUT2D eigenvalue weighted by Crippen LogP contribution is 2.21. The van der Waals surface area contributed by atoms with Crippen LogP contribution in [-0.4, -0.2) is 22.4 Å². The Bertz CT molecular complexity index is 995. The highest BCUT2D eigenvalue weighted by molar-refractivity contribution is 6.05. The molecule has 0 unspecified atom stereocenters. The second-order valence-electron chi connectivity index (χ2n) is 5.85. The van der Waals surface area contributed by atoms with E-state index in [1.165, 1.54) is 0 Å². The Hall–Kier alpha value is -3.72. The number of rotatable bonds is 5. The predicted molar refractivity (Wildman–Crippen MR) is 105 cm³/mol. The largest absolute Gasteiger partial charge is 0.339 e. The lowest BCUT2D eigenvalue weighted by molar-refractivity contribution is 0.0983. The van der Waals surface area contributed by atoms with Gasteiger partial charge >= 0.3 is 0 Å². The van der Waals surface area contributed by atoms with E-state index in [0.29, 0.717) is 35.1 Å². The summed E-state index contributed by atoms with van der Waals surface area (Å²) in [6, 6.07) is 20.3. The van der Waals surface area contributed by atoms with E-state index in [0.717, 1.165) is 5.69 Å². The van der Waals surface area contributed by atoms with Crippen LogP contribution < -0.4 is 10.2 Å². The smallest absolute Gasteiger partial charge is 0.277 e. The molecule has 0 saturated carbocycles. The summed E-state index contributed by atoms with van der Waals surface area (Å²) in [4.78, 5) is 23.3. The highest BCUT2D eigenvalue weighted by atomic mass is 16.2. The second kappa shape index (κ2) is 8.11. The fourth-order valence-electron chi connectivity index (χ4n) is 2.76. The maximum absolute atomic E-state index is 13.0. The van der Waals surface area contributed by atoms with Gasteiger partial charge in [-0.25, -0.2) is 9.97 Å². The molecule has 6 nitrogen and oxygen atoms in total. The molecule has 2 aromatic carbocycles. The third-order valence-corrected chi connectivity index (χ3v) is 4.00. The number of aryl methyl sites for hydroxylation is 1. The van der Waals surface area contributed by atoms with Gasteiger partial charge in [0.05, 0.1) is 11.3 Å². The molecule has 0 atom stereocenters. The number of carbonyl (C=O) groups excluding carboxylic acids is 1. The summed E-state index contributed by atoms with van der Waals surface area (Å²) in [6.07, 6.45) is 0. The fraction of sp³-hybridized carbons (Fsp3) is 0.143. The number of nitriles is 1. The van der Waals surface area contributed by atoms with E-state index in [-0.39, 0.29) is 5.91 Å². The molecule has 0 spiro atoms. The van der Waals surface area contributed by atoms with E-state index in [4.69, 9.17) is 0 Å². The Morgan fingerprint density at radius 1 is 1.11 bits per heavy atom. The first-order chi connectivity index (χ1) is 13.1. The highest BCUT2D eigenvalue weighted by Gasteiger charge is 2.19. The molecule has 3 aromatic rings. The van der Waals surface area contributed by atoms with Crippen molar-refractivity contribution < 1.29 is 4.79 Å². The Morgan fingerprint density at radius 3 is 2.52 bits per heavy atom. The Labute approximate surface area is 158 Å². The summed E-state index contributed by atoms with van der Waals surface area (Å²) in [5.41, 5.74) is 2.24. The van der Waals surface area contributed by atoms with Gasteiger partial charge in [0.15, 0.2) is 0 Å². The molecule has 3 rings (SSSR count). The number of aromatic nitrogens is 2. The SMILES string of the molecule is CCN(C(=O)c1cc(Nc2ccccc2C#N)nc(C)n1)c1ccccc1. The molecular weight excluding hydrogens is 338 g/mol. The normalized spacial score (nSPS) is 10.1. The number of anilines is 3. The third kappa shape index (κ3) is 4.10. The van der Waals surface area contributed by atoms with Gasteiger partial charge in [-0.15, -0.1) is 0 Å². The number of amides is 1. The summed E-state index contributed by atoms with van der Waals surface area (Å²) < 4.78 is 0. The minimum Gasteiger partial charge on any atom is -0.339 e. The molecule has 0 radical (unpaired) electrons. The summed E-state index contributed by atoms with van der Waals surface area (Å²) in [6.45, 7) is 4.17. The van der Waals surface area contributed by atoms with E-state index in [1.807, 2.05) is 43.3 Å². The van der Waals surface area contributed by atoms with Gasteiger partial charge in [-0.1, -0.05) is 30.3 Å². The molecule has 1 aromatic heterocycles. The number of nitrogens with zero attached hydrogens (tertiary/aromatic N) is 4. The lowest BCUT2D eigenvalue weighted by Gasteiger charge is -2.21. The van der Waals surface area contributed by atoms with Crippen molar-refractivity contribution in [1.29, 1.82) is 5.26 Å². The van der Waals surface area contributed by atoms with Gasteiger partial charge in [-0.3, -0.25) is 4.79 Å². The van der Waals surface area contributed by atoms with Crippen LogP contribution >= 0.6 is 0 Å². The zero-order valence-corrected chi connectivity index (χ0v) is 15.2.